The van der Waals surface area contributed by atoms with E-state index in [-0.39, 0.29) is 30.3 Å². The molecule has 0 aliphatic rings. The van der Waals surface area contributed by atoms with Gasteiger partial charge in [0.25, 0.3) is 0 Å². The van der Waals surface area contributed by atoms with Crippen LogP contribution in [0.5, 0.6) is 11.5 Å². The SMILES string of the molecule is CNC(=O)Oc1cc(C[C@H](N)C(=O)OC)ccc1O.Cl. The number of hydrogen-bond donors (Lipinski definition) is 3. The van der Waals surface area contributed by atoms with Gasteiger partial charge in [0.15, 0.2) is 11.5 Å². The van der Waals surface area contributed by atoms with Gasteiger partial charge in [-0.15, -0.1) is 12.4 Å². The van der Waals surface area contributed by atoms with Crippen LogP contribution in [0, 0.1) is 0 Å². The van der Waals surface area contributed by atoms with Crippen LogP contribution < -0.4 is 15.8 Å². The Balaban J connectivity index is 0.00000361. The molecule has 4 N–H and O–H groups in total. The average Bonchev–Trinajstić information content (AvgIpc) is 2.41. The number of hydrogen-bond acceptors (Lipinski definition) is 6. The zero-order valence-corrected chi connectivity index (χ0v) is 11.9. The maximum Gasteiger partial charge on any atom is 0.412 e. The monoisotopic (exact) mass is 304 g/mol. The first-order chi connectivity index (χ1) is 8.97. The van der Waals surface area contributed by atoms with E-state index in [1.54, 1.807) is 6.07 Å². The van der Waals surface area contributed by atoms with Crippen LogP contribution >= 0.6 is 12.4 Å². The maximum atomic E-state index is 11.2. The number of aromatic hydroxyl groups is 1. The number of methoxy groups -OCH3 is 1. The summed E-state index contributed by atoms with van der Waals surface area (Å²) in [6.07, 6.45) is -0.499. The molecule has 0 saturated heterocycles. The zero-order valence-electron chi connectivity index (χ0n) is 11.1. The van der Waals surface area contributed by atoms with Gasteiger partial charge < -0.3 is 25.6 Å². The Hall–Kier alpha value is -1.99. The number of halogens is 1. The highest BCUT2D eigenvalue weighted by Crippen LogP contribution is 2.27. The van der Waals surface area contributed by atoms with Crippen molar-refractivity contribution in [2.75, 3.05) is 14.2 Å². The molecule has 0 fully saturated rings. The number of carbonyl (C=O) groups is 2. The lowest BCUT2D eigenvalue weighted by Gasteiger charge is -2.11. The van der Waals surface area contributed by atoms with Crippen molar-refractivity contribution in [1.82, 2.24) is 5.32 Å². The van der Waals surface area contributed by atoms with Gasteiger partial charge in [-0.2, -0.15) is 0 Å². The van der Waals surface area contributed by atoms with Gasteiger partial charge in [0.05, 0.1) is 7.11 Å². The fourth-order valence-corrected chi connectivity index (χ4v) is 1.41. The Morgan fingerprint density at radius 3 is 2.65 bits per heavy atom. The zero-order chi connectivity index (χ0) is 14.4. The van der Waals surface area contributed by atoms with Gasteiger partial charge in [-0.3, -0.25) is 4.79 Å². The molecule has 0 spiro atoms. The van der Waals surface area contributed by atoms with Gasteiger partial charge in [-0.05, 0) is 24.1 Å². The summed E-state index contributed by atoms with van der Waals surface area (Å²) in [6.45, 7) is 0. The van der Waals surface area contributed by atoms with Gasteiger partial charge in [0, 0.05) is 7.05 Å². The fraction of sp³-hybridized carbons (Fsp3) is 0.333. The average molecular weight is 305 g/mol. The summed E-state index contributed by atoms with van der Waals surface area (Å²) in [4.78, 5) is 22.3. The quantitative estimate of drug-likeness (QED) is 0.702. The third-order valence-corrected chi connectivity index (χ3v) is 2.39. The molecule has 1 atom stereocenters. The molecule has 0 unspecified atom stereocenters. The molecule has 20 heavy (non-hydrogen) atoms. The number of rotatable bonds is 4. The lowest BCUT2D eigenvalue weighted by Crippen LogP contribution is -2.33. The molecule has 112 valence electrons. The van der Waals surface area contributed by atoms with Crippen LogP contribution in [0.4, 0.5) is 4.79 Å². The van der Waals surface area contributed by atoms with Crippen molar-refractivity contribution < 1.29 is 24.2 Å². The Kier molecular flexibility index (Phi) is 7.42. The summed E-state index contributed by atoms with van der Waals surface area (Å²) in [6, 6.07) is 3.56. The highest BCUT2D eigenvalue weighted by Gasteiger charge is 2.16. The van der Waals surface area contributed by atoms with Crippen LogP contribution in [-0.4, -0.2) is 37.4 Å². The molecule has 0 aliphatic heterocycles. The summed E-state index contributed by atoms with van der Waals surface area (Å²) in [5.41, 5.74) is 6.25. The van der Waals surface area contributed by atoms with Gasteiger partial charge in [0.1, 0.15) is 6.04 Å². The number of phenolic OH excluding ortho intramolecular Hbond substituents is 1. The van der Waals surface area contributed by atoms with E-state index in [2.05, 4.69) is 10.1 Å². The van der Waals surface area contributed by atoms with Crippen molar-refractivity contribution in [2.45, 2.75) is 12.5 Å². The summed E-state index contributed by atoms with van der Waals surface area (Å²) in [5, 5.41) is 11.8. The van der Waals surface area contributed by atoms with E-state index in [4.69, 9.17) is 10.5 Å². The summed E-state index contributed by atoms with van der Waals surface area (Å²) >= 11 is 0. The molecule has 0 bridgehead atoms. The van der Waals surface area contributed by atoms with Crippen molar-refractivity contribution in [3.63, 3.8) is 0 Å². The van der Waals surface area contributed by atoms with Crippen LogP contribution in [0.15, 0.2) is 18.2 Å². The second kappa shape index (κ2) is 8.23. The fourth-order valence-electron chi connectivity index (χ4n) is 1.41. The Labute approximate surface area is 122 Å². The Morgan fingerprint density at radius 2 is 2.10 bits per heavy atom. The Bertz CT molecular complexity index is 481. The van der Waals surface area contributed by atoms with Crippen LogP contribution in [0.3, 0.4) is 0 Å². The third-order valence-electron chi connectivity index (χ3n) is 2.39. The van der Waals surface area contributed by atoms with Crippen LogP contribution in [0.25, 0.3) is 0 Å². The third kappa shape index (κ3) is 4.94. The van der Waals surface area contributed by atoms with Crippen LogP contribution in [0.1, 0.15) is 5.56 Å². The van der Waals surface area contributed by atoms with Crippen molar-refractivity contribution in [1.29, 1.82) is 0 Å². The first-order valence-corrected chi connectivity index (χ1v) is 5.52. The van der Waals surface area contributed by atoms with E-state index >= 15 is 0 Å². The summed E-state index contributed by atoms with van der Waals surface area (Å²) < 4.78 is 9.36. The molecule has 8 heteroatoms. The first kappa shape index (κ1) is 18.0. The summed E-state index contributed by atoms with van der Waals surface area (Å²) in [5.74, 6) is -0.727. The van der Waals surface area contributed by atoms with Crippen molar-refractivity contribution in [2.24, 2.45) is 5.73 Å². The normalized spacial score (nSPS) is 10.9. The van der Waals surface area contributed by atoms with Gasteiger partial charge >= 0.3 is 12.1 Å². The molecule has 1 aromatic rings. The number of phenols is 1. The first-order valence-electron chi connectivity index (χ1n) is 5.52. The number of ether oxygens (including phenoxy) is 2. The van der Waals surface area contributed by atoms with E-state index in [0.29, 0.717) is 5.56 Å². The number of carbonyl (C=O) groups excluding carboxylic acids is 2. The van der Waals surface area contributed by atoms with Crippen molar-refractivity contribution >= 4 is 24.5 Å². The largest absolute Gasteiger partial charge is 0.504 e. The molecule has 1 amide bonds. The summed E-state index contributed by atoms with van der Waals surface area (Å²) in [7, 11) is 2.65. The number of nitrogens with one attached hydrogen (secondary N) is 1. The molecule has 7 nitrogen and oxygen atoms in total. The minimum absolute atomic E-state index is 0. The predicted molar refractivity (Wildman–Crippen MR) is 74.1 cm³/mol. The molecule has 0 saturated carbocycles. The van der Waals surface area contributed by atoms with E-state index < -0.39 is 18.1 Å². The van der Waals surface area contributed by atoms with Gasteiger partial charge in [0.2, 0.25) is 0 Å². The van der Waals surface area contributed by atoms with E-state index in [1.165, 1.54) is 26.3 Å². The second-order valence-electron chi connectivity index (χ2n) is 3.78. The molecular formula is C12H17ClN2O5. The van der Waals surface area contributed by atoms with E-state index in [0.717, 1.165) is 0 Å². The van der Waals surface area contributed by atoms with Crippen LogP contribution in [-0.2, 0) is 16.0 Å². The minimum Gasteiger partial charge on any atom is -0.504 e. The smallest absolute Gasteiger partial charge is 0.412 e. The van der Waals surface area contributed by atoms with Gasteiger partial charge in [-0.1, -0.05) is 6.07 Å². The molecule has 1 rings (SSSR count). The number of esters is 1. The predicted octanol–water partition coefficient (Wildman–Crippen LogP) is 0.575. The maximum absolute atomic E-state index is 11.2. The van der Waals surface area contributed by atoms with E-state index in [9.17, 15) is 14.7 Å². The standard InChI is InChI=1S/C12H16N2O5.ClH/c1-14-12(17)19-10-6-7(3-4-9(10)15)5-8(13)11(16)18-2;/h3-4,6,8,15H,5,13H2,1-2H3,(H,14,17);1H/t8-;/m0./s1. The van der Waals surface area contributed by atoms with Crippen LogP contribution in [0.2, 0.25) is 0 Å². The Morgan fingerprint density at radius 1 is 1.45 bits per heavy atom. The topological polar surface area (TPSA) is 111 Å². The number of amides is 1. The second-order valence-corrected chi connectivity index (χ2v) is 3.78. The van der Waals surface area contributed by atoms with Crippen molar-refractivity contribution in [3.05, 3.63) is 23.8 Å². The number of nitrogens with two attached hydrogens (primary N) is 1. The molecule has 0 heterocycles. The highest BCUT2D eigenvalue weighted by molar-refractivity contribution is 5.85. The molecule has 0 aromatic heterocycles. The highest BCUT2D eigenvalue weighted by atomic mass is 35.5. The lowest BCUT2D eigenvalue weighted by atomic mass is 10.1. The number of benzene rings is 1. The molecule has 1 aromatic carbocycles. The van der Waals surface area contributed by atoms with E-state index in [1.807, 2.05) is 0 Å². The molecule has 0 radical (unpaired) electrons. The minimum atomic E-state index is -0.817. The lowest BCUT2D eigenvalue weighted by molar-refractivity contribution is -0.142. The van der Waals surface area contributed by atoms with Gasteiger partial charge in [-0.25, -0.2) is 4.79 Å². The molecule has 0 aliphatic carbocycles. The molecular weight excluding hydrogens is 288 g/mol. The van der Waals surface area contributed by atoms with Crippen molar-refractivity contribution in [3.8, 4) is 11.5 Å².